The minimum absolute atomic E-state index is 0.0183. The molecule has 0 aliphatic rings. The molecule has 0 aliphatic carbocycles. The second kappa shape index (κ2) is 9.13. The van der Waals surface area contributed by atoms with Crippen LogP contribution in [0.3, 0.4) is 0 Å². The highest BCUT2D eigenvalue weighted by atomic mass is 16.6. The van der Waals surface area contributed by atoms with E-state index in [1.807, 2.05) is 20.8 Å². The van der Waals surface area contributed by atoms with Gasteiger partial charge >= 0.3 is 0 Å². The standard InChI is InChI=1S/C12H25O3/c1-6-7-13-11(4)9-15-12(5)8-14-10(2)3/h10-12H,2,6-9H2,1,3-5H3. The third-order valence-electron chi connectivity index (χ3n) is 1.84. The molecule has 15 heavy (non-hydrogen) atoms. The van der Waals surface area contributed by atoms with Crippen LogP contribution in [0.1, 0.15) is 34.1 Å². The summed E-state index contributed by atoms with van der Waals surface area (Å²) in [5.41, 5.74) is 0. The first-order chi connectivity index (χ1) is 7.06. The van der Waals surface area contributed by atoms with Gasteiger partial charge in [0.1, 0.15) is 0 Å². The summed E-state index contributed by atoms with van der Waals surface area (Å²) >= 11 is 0. The van der Waals surface area contributed by atoms with E-state index in [-0.39, 0.29) is 18.3 Å². The zero-order chi connectivity index (χ0) is 11.7. The van der Waals surface area contributed by atoms with Crippen LogP contribution >= 0.6 is 0 Å². The van der Waals surface area contributed by atoms with Gasteiger partial charge in [0.05, 0.1) is 31.5 Å². The van der Waals surface area contributed by atoms with Gasteiger partial charge in [-0.25, -0.2) is 0 Å². The van der Waals surface area contributed by atoms with E-state index in [0.717, 1.165) is 13.0 Å². The lowest BCUT2D eigenvalue weighted by atomic mass is 10.4. The van der Waals surface area contributed by atoms with Gasteiger partial charge in [-0.05, 0) is 34.1 Å². The van der Waals surface area contributed by atoms with Gasteiger partial charge in [0.15, 0.2) is 0 Å². The predicted octanol–water partition coefficient (Wildman–Crippen LogP) is 2.45. The Bertz CT molecular complexity index is 137. The predicted molar refractivity (Wildman–Crippen MR) is 61.9 cm³/mol. The Morgan fingerprint density at radius 1 is 0.933 bits per heavy atom. The smallest absolute Gasteiger partial charge is 0.0781 e. The lowest BCUT2D eigenvalue weighted by Crippen LogP contribution is -2.24. The van der Waals surface area contributed by atoms with Gasteiger partial charge in [-0.15, -0.1) is 0 Å². The molecule has 0 rings (SSSR count). The minimum atomic E-state index is 0.0183. The van der Waals surface area contributed by atoms with E-state index >= 15 is 0 Å². The maximum absolute atomic E-state index is 5.57. The van der Waals surface area contributed by atoms with Crippen molar-refractivity contribution in [1.29, 1.82) is 0 Å². The van der Waals surface area contributed by atoms with Crippen molar-refractivity contribution < 1.29 is 14.2 Å². The molecule has 0 amide bonds. The number of rotatable bonds is 9. The van der Waals surface area contributed by atoms with Crippen LogP contribution in [-0.4, -0.2) is 38.1 Å². The average Bonchev–Trinajstić information content (AvgIpc) is 2.20. The molecule has 0 N–H and O–H groups in total. The number of hydrogen-bond donors (Lipinski definition) is 0. The topological polar surface area (TPSA) is 27.7 Å². The van der Waals surface area contributed by atoms with Gasteiger partial charge in [-0.2, -0.15) is 0 Å². The third kappa shape index (κ3) is 10.2. The largest absolute Gasteiger partial charge is 0.376 e. The van der Waals surface area contributed by atoms with Crippen LogP contribution in [0.2, 0.25) is 0 Å². The fraction of sp³-hybridized carbons (Fsp3) is 0.917. The molecular formula is C12H25O3. The Morgan fingerprint density at radius 2 is 1.47 bits per heavy atom. The second-order valence-corrected chi connectivity index (χ2v) is 3.97. The summed E-state index contributed by atoms with van der Waals surface area (Å²) in [4.78, 5) is 0. The molecule has 0 aliphatic heterocycles. The summed E-state index contributed by atoms with van der Waals surface area (Å²) in [6, 6.07) is 0. The van der Waals surface area contributed by atoms with Crippen LogP contribution in [0, 0.1) is 6.92 Å². The Hall–Kier alpha value is -0.120. The van der Waals surface area contributed by atoms with Crippen molar-refractivity contribution in [2.24, 2.45) is 0 Å². The second-order valence-electron chi connectivity index (χ2n) is 3.97. The number of hydrogen-bond acceptors (Lipinski definition) is 3. The van der Waals surface area contributed by atoms with Gasteiger partial charge < -0.3 is 14.2 Å². The molecule has 0 saturated heterocycles. The normalized spacial score (nSPS) is 15.6. The van der Waals surface area contributed by atoms with Crippen molar-refractivity contribution in [3.63, 3.8) is 0 Å². The highest BCUT2D eigenvalue weighted by Gasteiger charge is 2.07. The highest BCUT2D eigenvalue weighted by molar-refractivity contribution is 4.55. The average molecular weight is 217 g/mol. The van der Waals surface area contributed by atoms with Crippen molar-refractivity contribution in [1.82, 2.24) is 0 Å². The molecule has 0 bridgehead atoms. The van der Waals surface area contributed by atoms with Crippen LogP contribution in [-0.2, 0) is 14.2 Å². The van der Waals surface area contributed by atoms with Gasteiger partial charge in [0.2, 0.25) is 0 Å². The molecule has 3 nitrogen and oxygen atoms in total. The maximum atomic E-state index is 5.57. The van der Waals surface area contributed by atoms with E-state index in [4.69, 9.17) is 14.2 Å². The first-order valence-corrected chi connectivity index (χ1v) is 5.74. The molecular weight excluding hydrogens is 192 g/mol. The highest BCUT2D eigenvalue weighted by Crippen LogP contribution is 1.99. The summed E-state index contributed by atoms with van der Waals surface area (Å²) in [5, 5.41) is 0. The fourth-order valence-corrected chi connectivity index (χ4v) is 1.01. The third-order valence-corrected chi connectivity index (χ3v) is 1.84. The van der Waals surface area contributed by atoms with Crippen LogP contribution in [0.25, 0.3) is 0 Å². The van der Waals surface area contributed by atoms with Crippen molar-refractivity contribution in [2.75, 3.05) is 19.8 Å². The van der Waals surface area contributed by atoms with Crippen LogP contribution in [0.4, 0.5) is 0 Å². The van der Waals surface area contributed by atoms with Crippen molar-refractivity contribution >= 4 is 0 Å². The molecule has 0 spiro atoms. The molecule has 3 atom stereocenters. The Balaban J connectivity index is 3.39. The summed E-state index contributed by atoms with van der Waals surface area (Å²) in [5.74, 6) is 0. The molecule has 3 heteroatoms. The summed E-state index contributed by atoms with van der Waals surface area (Å²) in [6.45, 7) is 13.8. The Labute approximate surface area is 94.1 Å². The molecule has 0 heterocycles. The van der Waals surface area contributed by atoms with Crippen LogP contribution < -0.4 is 0 Å². The van der Waals surface area contributed by atoms with E-state index in [2.05, 4.69) is 13.8 Å². The van der Waals surface area contributed by atoms with Gasteiger partial charge in [-0.3, -0.25) is 0 Å². The van der Waals surface area contributed by atoms with Crippen molar-refractivity contribution in [2.45, 2.75) is 52.4 Å². The maximum Gasteiger partial charge on any atom is 0.0781 e. The SMILES string of the molecule is [CH2]C(C)OCC(C)OCC(C)OCCC. The van der Waals surface area contributed by atoms with Crippen LogP contribution in [0.15, 0.2) is 0 Å². The van der Waals surface area contributed by atoms with Gasteiger partial charge in [0, 0.05) is 6.61 Å². The Morgan fingerprint density at radius 3 is 2.00 bits per heavy atom. The van der Waals surface area contributed by atoms with Gasteiger partial charge in [-0.1, -0.05) is 6.92 Å². The molecule has 91 valence electrons. The number of ether oxygens (including phenoxy) is 3. The van der Waals surface area contributed by atoms with Gasteiger partial charge in [0.25, 0.3) is 0 Å². The zero-order valence-corrected chi connectivity index (χ0v) is 10.5. The zero-order valence-electron chi connectivity index (χ0n) is 10.5. The molecule has 1 radical (unpaired) electrons. The lowest BCUT2D eigenvalue weighted by Gasteiger charge is -2.18. The van der Waals surface area contributed by atoms with E-state index < -0.39 is 0 Å². The molecule has 0 saturated carbocycles. The van der Waals surface area contributed by atoms with E-state index in [9.17, 15) is 0 Å². The van der Waals surface area contributed by atoms with E-state index in [1.54, 1.807) is 0 Å². The van der Waals surface area contributed by atoms with Crippen molar-refractivity contribution in [3.05, 3.63) is 6.92 Å². The quantitative estimate of drug-likeness (QED) is 0.593. The molecule has 0 aromatic carbocycles. The summed E-state index contributed by atoms with van der Waals surface area (Å²) < 4.78 is 16.4. The van der Waals surface area contributed by atoms with Crippen molar-refractivity contribution in [3.8, 4) is 0 Å². The first kappa shape index (κ1) is 14.9. The van der Waals surface area contributed by atoms with E-state index in [0.29, 0.717) is 13.2 Å². The molecule has 0 aromatic rings. The molecule has 0 fully saturated rings. The first-order valence-electron chi connectivity index (χ1n) is 5.74. The Kier molecular flexibility index (Phi) is 9.06. The fourth-order valence-electron chi connectivity index (χ4n) is 1.01. The summed E-state index contributed by atoms with van der Waals surface area (Å²) in [6.07, 6.45) is 1.32. The van der Waals surface area contributed by atoms with Crippen LogP contribution in [0.5, 0.6) is 0 Å². The lowest BCUT2D eigenvalue weighted by molar-refractivity contribution is -0.0626. The summed E-state index contributed by atoms with van der Waals surface area (Å²) in [7, 11) is 0. The minimum Gasteiger partial charge on any atom is -0.376 e. The van der Waals surface area contributed by atoms with E-state index in [1.165, 1.54) is 0 Å². The molecule has 0 aromatic heterocycles. The monoisotopic (exact) mass is 217 g/mol. The molecule has 3 unspecified atom stereocenters.